The number of rotatable bonds is 2. The Bertz CT molecular complexity index is 629. The van der Waals surface area contributed by atoms with Gasteiger partial charge >= 0.3 is 0 Å². The number of aryl methyl sites for hydroxylation is 1. The number of amides is 1. The smallest absolute Gasteiger partial charge is 0.274 e. The lowest BCUT2D eigenvalue weighted by Crippen LogP contribution is -2.13. The van der Waals surface area contributed by atoms with Gasteiger partial charge in [-0.3, -0.25) is 4.79 Å². The topological polar surface area (TPSA) is 65.8 Å². The Kier molecular flexibility index (Phi) is 3.35. The SMILES string of the molecule is Cc1cccc(C(=O)Nc2cccc(C#N)c2)n1. The van der Waals surface area contributed by atoms with Crippen molar-refractivity contribution in [2.24, 2.45) is 0 Å². The van der Waals surface area contributed by atoms with Crippen LogP contribution in [0.25, 0.3) is 0 Å². The van der Waals surface area contributed by atoms with Crippen molar-refractivity contribution in [1.29, 1.82) is 5.26 Å². The van der Waals surface area contributed by atoms with Gasteiger partial charge < -0.3 is 5.32 Å². The van der Waals surface area contributed by atoms with Gasteiger partial charge in [0.05, 0.1) is 11.6 Å². The van der Waals surface area contributed by atoms with E-state index in [0.29, 0.717) is 16.9 Å². The lowest BCUT2D eigenvalue weighted by atomic mass is 10.2. The molecule has 0 spiro atoms. The summed E-state index contributed by atoms with van der Waals surface area (Å²) in [5.74, 6) is -0.284. The van der Waals surface area contributed by atoms with Gasteiger partial charge in [0.2, 0.25) is 0 Å². The molecular formula is C14H11N3O. The minimum atomic E-state index is -0.284. The summed E-state index contributed by atoms with van der Waals surface area (Å²) >= 11 is 0. The lowest BCUT2D eigenvalue weighted by Gasteiger charge is -2.05. The molecule has 0 radical (unpaired) electrons. The van der Waals surface area contributed by atoms with Crippen LogP contribution in [0.3, 0.4) is 0 Å². The second-order valence-electron chi connectivity index (χ2n) is 3.81. The molecule has 0 atom stereocenters. The molecule has 1 aromatic heterocycles. The molecule has 88 valence electrons. The maximum absolute atomic E-state index is 11.9. The van der Waals surface area contributed by atoms with Gasteiger partial charge in [-0.25, -0.2) is 4.98 Å². The molecule has 0 saturated carbocycles. The second kappa shape index (κ2) is 5.11. The summed E-state index contributed by atoms with van der Waals surface area (Å²) in [6, 6.07) is 14.0. The zero-order chi connectivity index (χ0) is 13.0. The van der Waals surface area contributed by atoms with Gasteiger partial charge in [-0.1, -0.05) is 12.1 Å². The zero-order valence-electron chi connectivity index (χ0n) is 9.84. The highest BCUT2D eigenvalue weighted by Crippen LogP contribution is 2.11. The van der Waals surface area contributed by atoms with E-state index in [1.54, 1.807) is 36.4 Å². The monoisotopic (exact) mass is 237 g/mol. The summed E-state index contributed by atoms with van der Waals surface area (Å²) < 4.78 is 0. The minimum absolute atomic E-state index is 0.284. The molecule has 0 aliphatic carbocycles. The average molecular weight is 237 g/mol. The Labute approximate surface area is 105 Å². The molecular weight excluding hydrogens is 226 g/mol. The molecule has 4 heteroatoms. The first-order valence-electron chi connectivity index (χ1n) is 5.44. The number of carbonyl (C=O) groups excluding carboxylic acids is 1. The molecule has 0 fully saturated rings. The van der Waals surface area contributed by atoms with Gasteiger partial charge in [-0.05, 0) is 37.3 Å². The third kappa shape index (κ3) is 2.71. The quantitative estimate of drug-likeness (QED) is 0.872. The highest BCUT2D eigenvalue weighted by Gasteiger charge is 2.07. The van der Waals surface area contributed by atoms with Crippen LogP contribution in [-0.4, -0.2) is 10.9 Å². The number of nitrogens with one attached hydrogen (secondary N) is 1. The summed E-state index contributed by atoms with van der Waals surface area (Å²) in [5, 5.41) is 11.5. The fraction of sp³-hybridized carbons (Fsp3) is 0.0714. The molecule has 1 heterocycles. The number of nitriles is 1. The van der Waals surface area contributed by atoms with E-state index in [-0.39, 0.29) is 5.91 Å². The van der Waals surface area contributed by atoms with Crippen LogP contribution in [0, 0.1) is 18.3 Å². The number of aromatic nitrogens is 1. The molecule has 1 aromatic carbocycles. The maximum Gasteiger partial charge on any atom is 0.274 e. The molecule has 2 rings (SSSR count). The van der Waals surface area contributed by atoms with Gasteiger partial charge in [0, 0.05) is 11.4 Å². The highest BCUT2D eigenvalue weighted by atomic mass is 16.1. The summed E-state index contributed by atoms with van der Waals surface area (Å²) in [6.45, 7) is 1.83. The standard InChI is InChI=1S/C14H11N3O/c1-10-4-2-7-13(16-10)14(18)17-12-6-3-5-11(8-12)9-15/h2-8H,1H3,(H,17,18). The van der Waals surface area contributed by atoms with E-state index in [4.69, 9.17) is 5.26 Å². The normalized spacial score (nSPS) is 9.56. The van der Waals surface area contributed by atoms with Crippen molar-refractivity contribution in [2.75, 3.05) is 5.32 Å². The van der Waals surface area contributed by atoms with E-state index >= 15 is 0 Å². The van der Waals surface area contributed by atoms with Gasteiger partial charge in [-0.15, -0.1) is 0 Å². The second-order valence-corrected chi connectivity index (χ2v) is 3.81. The molecule has 4 nitrogen and oxygen atoms in total. The number of pyridine rings is 1. The molecule has 0 saturated heterocycles. The largest absolute Gasteiger partial charge is 0.321 e. The van der Waals surface area contributed by atoms with Crippen molar-refractivity contribution < 1.29 is 4.79 Å². The van der Waals surface area contributed by atoms with Gasteiger partial charge in [0.25, 0.3) is 5.91 Å². The van der Waals surface area contributed by atoms with Crippen LogP contribution in [-0.2, 0) is 0 Å². The number of carbonyl (C=O) groups is 1. The third-order valence-corrected chi connectivity index (χ3v) is 2.37. The predicted molar refractivity (Wildman–Crippen MR) is 68.1 cm³/mol. The summed E-state index contributed by atoms with van der Waals surface area (Å²) in [5.41, 5.74) is 2.23. The Hall–Kier alpha value is -2.67. The predicted octanol–water partition coefficient (Wildman–Crippen LogP) is 2.51. The van der Waals surface area contributed by atoms with Crippen molar-refractivity contribution in [2.45, 2.75) is 6.92 Å². The molecule has 1 amide bonds. The molecule has 0 aliphatic heterocycles. The Morgan fingerprint density at radius 2 is 2.06 bits per heavy atom. The summed E-state index contributed by atoms with van der Waals surface area (Å²) in [6.07, 6.45) is 0. The van der Waals surface area contributed by atoms with E-state index < -0.39 is 0 Å². The van der Waals surface area contributed by atoms with Crippen LogP contribution in [0.5, 0.6) is 0 Å². The molecule has 0 unspecified atom stereocenters. The first kappa shape index (κ1) is 11.8. The Balaban J connectivity index is 2.19. The van der Waals surface area contributed by atoms with E-state index in [9.17, 15) is 4.79 Å². The summed E-state index contributed by atoms with van der Waals surface area (Å²) in [4.78, 5) is 16.0. The van der Waals surface area contributed by atoms with Crippen LogP contribution < -0.4 is 5.32 Å². The maximum atomic E-state index is 11.9. The number of hydrogen-bond donors (Lipinski definition) is 1. The van der Waals surface area contributed by atoms with E-state index in [0.717, 1.165) is 5.69 Å². The average Bonchev–Trinajstić information content (AvgIpc) is 2.39. The Morgan fingerprint density at radius 3 is 2.78 bits per heavy atom. The van der Waals surface area contributed by atoms with Gasteiger partial charge in [0.15, 0.2) is 0 Å². The third-order valence-electron chi connectivity index (χ3n) is 2.37. The summed E-state index contributed by atoms with van der Waals surface area (Å²) in [7, 11) is 0. The van der Waals surface area contributed by atoms with Crippen molar-refractivity contribution in [1.82, 2.24) is 4.98 Å². The molecule has 2 aromatic rings. The van der Waals surface area contributed by atoms with E-state index in [1.807, 2.05) is 19.1 Å². The van der Waals surface area contributed by atoms with Crippen LogP contribution in [0.4, 0.5) is 5.69 Å². The first-order valence-corrected chi connectivity index (χ1v) is 5.44. The van der Waals surface area contributed by atoms with Crippen LogP contribution >= 0.6 is 0 Å². The van der Waals surface area contributed by atoms with Gasteiger partial charge in [0.1, 0.15) is 5.69 Å². The van der Waals surface area contributed by atoms with Crippen molar-refractivity contribution in [3.63, 3.8) is 0 Å². The van der Waals surface area contributed by atoms with Crippen molar-refractivity contribution in [3.05, 3.63) is 59.4 Å². The fourth-order valence-electron chi connectivity index (χ4n) is 1.53. The Morgan fingerprint density at radius 1 is 1.28 bits per heavy atom. The number of nitrogens with zero attached hydrogens (tertiary/aromatic N) is 2. The first-order chi connectivity index (χ1) is 8.69. The van der Waals surface area contributed by atoms with Crippen molar-refractivity contribution >= 4 is 11.6 Å². The van der Waals surface area contributed by atoms with Gasteiger partial charge in [-0.2, -0.15) is 5.26 Å². The fourth-order valence-corrected chi connectivity index (χ4v) is 1.53. The minimum Gasteiger partial charge on any atom is -0.321 e. The van der Waals surface area contributed by atoms with Crippen LogP contribution in [0.15, 0.2) is 42.5 Å². The van der Waals surface area contributed by atoms with E-state index in [1.165, 1.54) is 0 Å². The van der Waals surface area contributed by atoms with E-state index in [2.05, 4.69) is 10.3 Å². The van der Waals surface area contributed by atoms with Crippen molar-refractivity contribution in [3.8, 4) is 6.07 Å². The molecule has 0 bridgehead atoms. The molecule has 18 heavy (non-hydrogen) atoms. The molecule has 1 N–H and O–H groups in total. The van der Waals surface area contributed by atoms with Crippen LogP contribution in [0.1, 0.15) is 21.7 Å². The number of hydrogen-bond acceptors (Lipinski definition) is 3. The molecule has 0 aliphatic rings. The lowest BCUT2D eigenvalue weighted by molar-refractivity contribution is 0.102. The number of benzene rings is 1. The van der Waals surface area contributed by atoms with Crippen LogP contribution in [0.2, 0.25) is 0 Å². The highest BCUT2D eigenvalue weighted by molar-refractivity contribution is 6.02. The zero-order valence-corrected chi connectivity index (χ0v) is 9.84. The number of anilines is 1.